The van der Waals surface area contributed by atoms with Crippen molar-refractivity contribution < 1.29 is 18.3 Å². The van der Waals surface area contributed by atoms with E-state index in [0.717, 1.165) is 10.8 Å². The van der Waals surface area contributed by atoms with E-state index in [9.17, 15) is 18.0 Å². The smallest absolute Gasteiger partial charge is 0.303 e. The monoisotopic (exact) mass is 447 g/mol. The fourth-order valence-corrected chi connectivity index (χ4v) is 3.91. The normalized spacial score (nSPS) is 11.1. The molecule has 0 fully saturated rings. The highest BCUT2D eigenvalue weighted by atomic mass is 35.5. The Bertz CT molecular complexity index is 1380. The fraction of sp³-hybridized carbons (Fsp3) is 0.100. The van der Waals surface area contributed by atoms with Crippen molar-refractivity contribution in [3.63, 3.8) is 0 Å². The molecule has 30 heavy (non-hydrogen) atoms. The molecule has 4 rings (SSSR count). The first-order valence-electron chi connectivity index (χ1n) is 8.84. The van der Waals surface area contributed by atoms with Crippen molar-refractivity contribution in [2.45, 2.75) is 18.2 Å². The van der Waals surface area contributed by atoms with Gasteiger partial charge in [0.25, 0.3) is 15.6 Å². The molecule has 0 unspecified atom stereocenters. The zero-order chi connectivity index (χ0) is 21.9. The summed E-state index contributed by atoms with van der Waals surface area (Å²) in [6, 6.07) is 12.7. The molecule has 10 heteroatoms. The number of nitrogens with one attached hydrogen (secondary N) is 3. The van der Waals surface area contributed by atoms with Gasteiger partial charge in [0, 0.05) is 39.6 Å². The summed E-state index contributed by atoms with van der Waals surface area (Å²) in [6.07, 6.45) is 1.89. The summed E-state index contributed by atoms with van der Waals surface area (Å²) in [5.41, 5.74) is 1.26. The van der Waals surface area contributed by atoms with Gasteiger partial charge in [-0.15, -0.1) is 0 Å². The summed E-state index contributed by atoms with van der Waals surface area (Å²) in [5, 5.41) is 9.65. The Balaban J connectivity index is 0.000000461. The van der Waals surface area contributed by atoms with Crippen LogP contribution in [0.1, 0.15) is 13.3 Å². The number of carboxylic acid groups (broad SMARTS) is 1. The average molecular weight is 448 g/mol. The van der Waals surface area contributed by atoms with Crippen LogP contribution in [0, 0.1) is 0 Å². The van der Waals surface area contributed by atoms with E-state index in [0.29, 0.717) is 21.7 Å². The second-order valence-corrected chi connectivity index (χ2v) is 8.41. The number of benzene rings is 2. The van der Waals surface area contributed by atoms with E-state index in [-0.39, 0.29) is 16.9 Å². The number of hydrogen-bond donors (Lipinski definition) is 4. The Morgan fingerprint density at radius 1 is 1.10 bits per heavy atom. The van der Waals surface area contributed by atoms with Gasteiger partial charge in [0.1, 0.15) is 5.52 Å². The maximum atomic E-state index is 12.5. The molecule has 0 aliphatic heterocycles. The van der Waals surface area contributed by atoms with Crippen molar-refractivity contribution in [3.8, 4) is 0 Å². The quantitative estimate of drug-likeness (QED) is 0.376. The van der Waals surface area contributed by atoms with Crippen LogP contribution < -0.4 is 10.3 Å². The van der Waals surface area contributed by atoms with E-state index in [4.69, 9.17) is 16.7 Å². The Labute approximate surface area is 176 Å². The molecule has 0 amide bonds. The van der Waals surface area contributed by atoms with Gasteiger partial charge < -0.3 is 15.1 Å². The zero-order valence-electron chi connectivity index (χ0n) is 15.8. The van der Waals surface area contributed by atoms with Crippen LogP contribution in [0.3, 0.4) is 0 Å². The predicted molar refractivity (Wildman–Crippen MR) is 117 cm³/mol. The molecule has 156 valence electrons. The van der Waals surface area contributed by atoms with Crippen molar-refractivity contribution in [1.82, 2.24) is 9.97 Å². The van der Waals surface area contributed by atoms with Crippen molar-refractivity contribution in [1.29, 1.82) is 0 Å². The summed E-state index contributed by atoms with van der Waals surface area (Å²) >= 11 is 5.80. The number of hydrogen-bond acceptors (Lipinski definition) is 4. The molecule has 2 heterocycles. The van der Waals surface area contributed by atoms with Crippen LogP contribution in [0.2, 0.25) is 5.02 Å². The van der Waals surface area contributed by atoms with Gasteiger partial charge in [-0.2, -0.15) is 0 Å². The Morgan fingerprint density at radius 3 is 2.40 bits per heavy atom. The van der Waals surface area contributed by atoms with Crippen molar-refractivity contribution in [3.05, 3.63) is 70.1 Å². The first kappa shape index (κ1) is 21.4. The number of anilines is 1. The summed E-state index contributed by atoms with van der Waals surface area (Å²) in [5.74, 6) is -0.745. The van der Waals surface area contributed by atoms with Crippen LogP contribution in [0.15, 0.2) is 64.4 Å². The number of aromatic nitrogens is 2. The van der Waals surface area contributed by atoms with Crippen LogP contribution >= 0.6 is 11.6 Å². The van der Waals surface area contributed by atoms with Gasteiger partial charge in [0.05, 0.1) is 4.90 Å². The lowest BCUT2D eigenvalue weighted by atomic mass is 10.1. The Hall–Kier alpha value is -3.30. The topological polar surface area (TPSA) is 132 Å². The van der Waals surface area contributed by atoms with Gasteiger partial charge in [-0.1, -0.05) is 18.5 Å². The van der Waals surface area contributed by atoms with E-state index < -0.39 is 16.0 Å². The number of carbonyl (C=O) groups is 1. The molecule has 0 saturated carbocycles. The van der Waals surface area contributed by atoms with Crippen LogP contribution in [-0.4, -0.2) is 29.5 Å². The minimum Gasteiger partial charge on any atom is -0.481 e. The number of aliphatic carboxylic acids is 1. The first-order chi connectivity index (χ1) is 14.2. The highest BCUT2D eigenvalue weighted by Crippen LogP contribution is 2.25. The highest BCUT2D eigenvalue weighted by Gasteiger charge is 2.15. The van der Waals surface area contributed by atoms with Crippen LogP contribution in [0.5, 0.6) is 0 Å². The first-order valence-corrected chi connectivity index (χ1v) is 10.7. The highest BCUT2D eigenvalue weighted by molar-refractivity contribution is 7.92. The molecule has 0 saturated heterocycles. The molecule has 0 aliphatic carbocycles. The second-order valence-electron chi connectivity index (χ2n) is 6.29. The molecular weight excluding hydrogens is 430 g/mol. The molecule has 2 aromatic heterocycles. The molecule has 4 aromatic rings. The molecule has 2 aromatic carbocycles. The number of H-pyrrole nitrogens is 2. The van der Waals surface area contributed by atoms with E-state index >= 15 is 0 Å². The SMILES string of the molecule is CCC(=O)O.O=c1[nH]c2ccc(NS(=O)(=O)c3ccc(Cl)cc3)cc2c2cc[nH]c12. The lowest BCUT2D eigenvalue weighted by Gasteiger charge is -2.09. The van der Waals surface area contributed by atoms with Gasteiger partial charge in [0.2, 0.25) is 0 Å². The zero-order valence-corrected chi connectivity index (χ0v) is 17.3. The largest absolute Gasteiger partial charge is 0.481 e. The number of pyridine rings is 1. The standard InChI is InChI=1S/C17H12ClN3O3S.C3H6O2/c18-10-1-4-12(5-2-10)25(23,24)21-11-3-6-15-14(9-11)13-7-8-19-16(13)17(22)20-15;1-2-3(4)5/h1-9,19,21H,(H,20,22);2H2,1H3,(H,4,5). The van der Waals surface area contributed by atoms with E-state index in [1.807, 2.05) is 0 Å². The third-order valence-electron chi connectivity index (χ3n) is 4.21. The number of rotatable bonds is 4. The van der Waals surface area contributed by atoms with E-state index in [1.165, 1.54) is 24.3 Å². The molecular formula is C20H18ClN3O5S. The van der Waals surface area contributed by atoms with Crippen molar-refractivity contribution in [2.75, 3.05) is 4.72 Å². The molecule has 4 N–H and O–H groups in total. The van der Waals surface area contributed by atoms with Gasteiger partial charge >= 0.3 is 5.97 Å². The number of halogens is 1. The maximum absolute atomic E-state index is 12.5. The predicted octanol–water partition coefficient (Wildman–Crippen LogP) is 3.94. The van der Waals surface area contributed by atoms with Gasteiger partial charge in [-0.05, 0) is 48.5 Å². The molecule has 0 bridgehead atoms. The summed E-state index contributed by atoms with van der Waals surface area (Å²) in [7, 11) is -3.74. The van der Waals surface area contributed by atoms with Gasteiger partial charge in [-0.3, -0.25) is 14.3 Å². The minimum atomic E-state index is -3.74. The second kappa shape index (κ2) is 8.60. The summed E-state index contributed by atoms with van der Waals surface area (Å²) < 4.78 is 27.5. The van der Waals surface area contributed by atoms with Crippen LogP contribution in [0.4, 0.5) is 5.69 Å². The molecule has 0 spiro atoms. The average Bonchev–Trinajstić information content (AvgIpc) is 3.20. The fourth-order valence-electron chi connectivity index (χ4n) is 2.73. The lowest BCUT2D eigenvalue weighted by molar-refractivity contribution is -0.136. The summed E-state index contributed by atoms with van der Waals surface area (Å²) in [4.78, 5) is 27.1. The third kappa shape index (κ3) is 4.64. The number of carboxylic acids is 1. The third-order valence-corrected chi connectivity index (χ3v) is 5.86. The molecule has 0 aliphatic rings. The van der Waals surface area contributed by atoms with E-state index in [1.54, 1.807) is 37.4 Å². The molecule has 8 nitrogen and oxygen atoms in total. The van der Waals surface area contributed by atoms with Crippen LogP contribution in [-0.2, 0) is 14.8 Å². The summed E-state index contributed by atoms with van der Waals surface area (Å²) in [6.45, 7) is 1.60. The van der Waals surface area contributed by atoms with Gasteiger partial charge in [0.15, 0.2) is 0 Å². The lowest BCUT2D eigenvalue weighted by Crippen LogP contribution is -2.13. The Kier molecular flexibility index (Phi) is 6.14. The number of aromatic amines is 2. The van der Waals surface area contributed by atoms with Crippen LogP contribution in [0.25, 0.3) is 21.8 Å². The molecule has 0 radical (unpaired) electrons. The van der Waals surface area contributed by atoms with Crippen molar-refractivity contribution in [2.24, 2.45) is 0 Å². The van der Waals surface area contributed by atoms with Crippen molar-refractivity contribution >= 4 is 55.1 Å². The van der Waals surface area contributed by atoms with E-state index in [2.05, 4.69) is 14.7 Å². The number of sulfonamides is 1. The number of fused-ring (bicyclic) bond motifs is 3. The molecule has 0 atom stereocenters. The maximum Gasteiger partial charge on any atom is 0.303 e. The van der Waals surface area contributed by atoms with Gasteiger partial charge in [-0.25, -0.2) is 8.42 Å². The Morgan fingerprint density at radius 2 is 1.77 bits per heavy atom. The minimum absolute atomic E-state index is 0.116.